The monoisotopic (exact) mass is 475 g/mol. The molecular formula is C26H33N7O2. The fraction of sp³-hybridized carbons (Fsp3) is 0.500. The van der Waals surface area contributed by atoms with Crippen molar-refractivity contribution >= 4 is 40.1 Å². The molecule has 1 aromatic carbocycles. The van der Waals surface area contributed by atoms with Crippen LogP contribution in [0.15, 0.2) is 30.6 Å². The van der Waals surface area contributed by atoms with Gasteiger partial charge in [0, 0.05) is 37.6 Å². The molecule has 9 heteroatoms. The molecule has 1 saturated carbocycles. The van der Waals surface area contributed by atoms with E-state index in [1.807, 2.05) is 13.1 Å². The van der Waals surface area contributed by atoms with Gasteiger partial charge in [-0.05, 0) is 54.9 Å². The van der Waals surface area contributed by atoms with Gasteiger partial charge >= 0.3 is 6.03 Å². The Kier molecular flexibility index (Phi) is 5.32. The summed E-state index contributed by atoms with van der Waals surface area (Å²) in [7, 11) is 1.85. The average molecular weight is 476 g/mol. The lowest BCUT2D eigenvalue weighted by Crippen LogP contribution is -2.52. The molecule has 1 aliphatic carbocycles. The van der Waals surface area contributed by atoms with Gasteiger partial charge in [-0.3, -0.25) is 0 Å². The van der Waals surface area contributed by atoms with Gasteiger partial charge in [-0.1, -0.05) is 13.8 Å². The predicted octanol–water partition coefficient (Wildman–Crippen LogP) is 4.46. The van der Waals surface area contributed by atoms with E-state index in [1.54, 1.807) is 0 Å². The number of hydrogen-bond donors (Lipinski definition) is 3. The number of carbonyl (C=O) groups excluding carboxylic acids is 1. The number of amides is 1. The van der Waals surface area contributed by atoms with Crippen LogP contribution in [0, 0.1) is 5.41 Å². The van der Waals surface area contributed by atoms with Gasteiger partial charge in [0.2, 0.25) is 0 Å². The van der Waals surface area contributed by atoms with Crippen molar-refractivity contribution < 1.29 is 9.53 Å². The molecule has 2 aliphatic heterocycles. The zero-order valence-corrected chi connectivity index (χ0v) is 20.6. The minimum Gasteiger partial charge on any atom is -0.386 e. The highest BCUT2D eigenvalue weighted by Gasteiger charge is 2.34. The van der Waals surface area contributed by atoms with Gasteiger partial charge < -0.3 is 25.6 Å². The molecule has 2 atom stereocenters. The third-order valence-corrected chi connectivity index (χ3v) is 7.71. The number of anilines is 4. The van der Waals surface area contributed by atoms with E-state index < -0.39 is 0 Å². The summed E-state index contributed by atoms with van der Waals surface area (Å²) >= 11 is 0. The summed E-state index contributed by atoms with van der Waals surface area (Å²) in [4.78, 5) is 24.8. The van der Waals surface area contributed by atoms with Crippen molar-refractivity contribution in [3.8, 4) is 0 Å². The van der Waals surface area contributed by atoms with Crippen LogP contribution in [0.3, 0.4) is 0 Å². The maximum atomic E-state index is 13.1. The van der Waals surface area contributed by atoms with Gasteiger partial charge in [-0.25, -0.2) is 19.3 Å². The largest absolute Gasteiger partial charge is 0.386 e. The first-order chi connectivity index (χ1) is 16.9. The Bertz CT molecular complexity index is 1270. The summed E-state index contributed by atoms with van der Waals surface area (Å²) in [5.74, 6) is 0.652. The number of fused-ring (bicyclic) bond motifs is 4. The van der Waals surface area contributed by atoms with E-state index in [9.17, 15) is 4.79 Å². The molecule has 1 amide bonds. The summed E-state index contributed by atoms with van der Waals surface area (Å²) in [5, 5.41) is 9.79. The van der Waals surface area contributed by atoms with Crippen molar-refractivity contribution in [1.82, 2.24) is 19.9 Å². The van der Waals surface area contributed by atoms with Crippen LogP contribution in [0.2, 0.25) is 0 Å². The molecule has 184 valence electrons. The van der Waals surface area contributed by atoms with Crippen LogP contribution in [0.25, 0.3) is 11.2 Å². The Balaban J connectivity index is 1.42. The third kappa shape index (κ3) is 4.18. The van der Waals surface area contributed by atoms with Gasteiger partial charge in [0.05, 0.1) is 24.4 Å². The number of carbonyl (C=O) groups is 1. The summed E-state index contributed by atoms with van der Waals surface area (Å²) in [6.07, 6.45) is 5.73. The third-order valence-electron chi connectivity index (χ3n) is 7.71. The maximum Gasteiger partial charge on any atom is 0.328 e. The Labute approximate surface area is 205 Å². The first kappa shape index (κ1) is 22.2. The first-order valence-electron chi connectivity index (χ1n) is 12.5. The second-order valence-electron chi connectivity index (χ2n) is 10.7. The molecule has 0 unspecified atom stereocenters. The second kappa shape index (κ2) is 8.41. The highest BCUT2D eigenvalue weighted by molar-refractivity contribution is 5.94. The quantitative estimate of drug-likeness (QED) is 0.503. The van der Waals surface area contributed by atoms with E-state index in [2.05, 4.69) is 57.9 Å². The van der Waals surface area contributed by atoms with Crippen LogP contribution >= 0.6 is 0 Å². The standard InChI is InChI=1S/C26H33N7O2/c1-26(2)6-8-32(9-7-26)18-11-16-10-17(12-18)29-22-13-20(27-3)23-24(31-22)33(15-28-23)25(34)30-19-4-5-21(19)35-14-16/h10-13,15,19,21H,4-9,14H2,1-3H3,(H,30,34)(H2,27,29,31)/t19-,21-/m1/s1. The van der Waals surface area contributed by atoms with Crippen LogP contribution in [0.5, 0.6) is 0 Å². The van der Waals surface area contributed by atoms with E-state index >= 15 is 0 Å². The van der Waals surface area contributed by atoms with Crippen LogP contribution < -0.4 is 20.9 Å². The molecule has 35 heavy (non-hydrogen) atoms. The van der Waals surface area contributed by atoms with Crippen LogP contribution in [-0.2, 0) is 11.3 Å². The molecule has 3 N–H and O–H groups in total. The molecule has 3 aromatic rings. The Hall–Kier alpha value is -3.33. The van der Waals surface area contributed by atoms with Gasteiger partial charge in [0.25, 0.3) is 0 Å². The van der Waals surface area contributed by atoms with Crippen molar-refractivity contribution in [2.75, 3.05) is 35.7 Å². The molecule has 4 bridgehead atoms. The molecule has 2 fully saturated rings. The molecule has 9 nitrogen and oxygen atoms in total. The topological polar surface area (TPSA) is 96.3 Å². The molecule has 1 saturated heterocycles. The van der Waals surface area contributed by atoms with E-state index in [0.29, 0.717) is 29.0 Å². The second-order valence-corrected chi connectivity index (χ2v) is 10.7. The highest BCUT2D eigenvalue weighted by atomic mass is 16.5. The van der Waals surface area contributed by atoms with E-state index in [1.165, 1.54) is 29.4 Å². The Morgan fingerprint density at radius 3 is 2.71 bits per heavy atom. The first-order valence-corrected chi connectivity index (χ1v) is 12.5. The average Bonchev–Trinajstić information content (AvgIpc) is 3.25. The molecular weight excluding hydrogens is 442 g/mol. The zero-order chi connectivity index (χ0) is 24.2. The highest BCUT2D eigenvalue weighted by Crippen LogP contribution is 2.35. The van der Waals surface area contributed by atoms with Gasteiger partial charge in [0.15, 0.2) is 5.65 Å². The summed E-state index contributed by atoms with van der Waals surface area (Å²) in [5.41, 5.74) is 5.65. The fourth-order valence-corrected chi connectivity index (χ4v) is 5.19. The summed E-state index contributed by atoms with van der Waals surface area (Å²) in [6.45, 7) is 7.29. The Morgan fingerprint density at radius 2 is 1.97 bits per heavy atom. The summed E-state index contributed by atoms with van der Waals surface area (Å²) in [6, 6.07) is 8.25. The number of benzene rings is 1. The number of nitrogens with one attached hydrogen (secondary N) is 3. The lowest BCUT2D eigenvalue weighted by atomic mass is 9.82. The number of rotatable bonds is 2. The number of hydrogen-bond acceptors (Lipinski definition) is 7. The fourth-order valence-electron chi connectivity index (χ4n) is 5.19. The number of aromatic nitrogens is 3. The van der Waals surface area contributed by atoms with Gasteiger partial charge in [-0.2, -0.15) is 0 Å². The number of pyridine rings is 1. The van der Waals surface area contributed by atoms with Gasteiger partial charge in [0.1, 0.15) is 17.7 Å². The zero-order valence-electron chi connectivity index (χ0n) is 20.6. The SMILES string of the molecule is CNc1cc2nc3c1ncn3C(=O)N[C@@H]1CC[C@H]1OCc1cc(cc(N3CCC(C)(C)CC3)c1)N2. The smallest absolute Gasteiger partial charge is 0.328 e. The van der Waals surface area contributed by atoms with E-state index in [0.717, 1.165) is 42.9 Å². The van der Waals surface area contributed by atoms with Crippen molar-refractivity contribution in [1.29, 1.82) is 0 Å². The van der Waals surface area contributed by atoms with E-state index in [4.69, 9.17) is 9.72 Å². The normalized spacial score (nSPS) is 23.6. The molecule has 6 rings (SSSR count). The van der Waals surface area contributed by atoms with Crippen LogP contribution in [-0.4, -0.2) is 52.8 Å². The lowest BCUT2D eigenvalue weighted by Gasteiger charge is -2.39. The number of imidazole rings is 1. The van der Waals surface area contributed by atoms with Gasteiger partial charge in [-0.15, -0.1) is 0 Å². The minimum absolute atomic E-state index is 0.00363. The van der Waals surface area contributed by atoms with Crippen molar-refractivity contribution in [2.45, 2.75) is 58.3 Å². The predicted molar refractivity (Wildman–Crippen MR) is 138 cm³/mol. The van der Waals surface area contributed by atoms with Crippen molar-refractivity contribution in [3.05, 3.63) is 36.2 Å². The van der Waals surface area contributed by atoms with Crippen LogP contribution in [0.4, 0.5) is 27.7 Å². The molecule has 0 spiro atoms. The molecule has 2 aromatic heterocycles. The van der Waals surface area contributed by atoms with Crippen molar-refractivity contribution in [2.24, 2.45) is 5.41 Å². The molecule has 3 aliphatic rings. The minimum atomic E-state index is -0.233. The molecule has 4 heterocycles. The van der Waals surface area contributed by atoms with Crippen molar-refractivity contribution in [3.63, 3.8) is 0 Å². The maximum absolute atomic E-state index is 13.1. The van der Waals surface area contributed by atoms with Crippen LogP contribution in [0.1, 0.15) is 45.1 Å². The number of piperidine rings is 1. The number of ether oxygens (including phenoxy) is 1. The lowest BCUT2D eigenvalue weighted by molar-refractivity contribution is -0.0323. The molecule has 0 radical (unpaired) electrons. The summed E-state index contributed by atoms with van der Waals surface area (Å²) < 4.78 is 7.76. The Morgan fingerprint density at radius 1 is 1.14 bits per heavy atom. The van der Waals surface area contributed by atoms with E-state index in [-0.39, 0.29) is 18.2 Å². The number of nitrogens with zero attached hydrogens (tertiary/aromatic N) is 4.